The Morgan fingerprint density at radius 1 is 0.300 bits per heavy atom. The molecule has 2 aliphatic rings. The van der Waals surface area contributed by atoms with E-state index in [1.807, 2.05) is 12.1 Å². The van der Waals surface area contributed by atoms with Crippen molar-refractivity contribution in [1.29, 1.82) is 5.26 Å². The van der Waals surface area contributed by atoms with Crippen LogP contribution in [0.2, 0.25) is 0 Å². The van der Waals surface area contributed by atoms with Crippen LogP contribution in [0.25, 0.3) is 143 Å². The monoisotopic (exact) mass is 1020 g/mol. The van der Waals surface area contributed by atoms with E-state index in [4.69, 9.17) is 9.47 Å². The zero-order valence-electron chi connectivity index (χ0n) is 44.4. The molecule has 0 atom stereocenters. The fourth-order valence-corrected chi connectivity index (χ4v) is 13.2. The molecule has 0 radical (unpaired) electrons. The minimum Gasteiger partial charge on any atom is -0.456 e. The number of fused-ring (bicyclic) bond motifs is 8. The first-order valence-corrected chi connectivity index (χ1v) is 27.5. The lowest BCUT2D eigenvalue weighted by Crippen LogP contribution is -2.10. The van der Waals surface area contributed by atoms with Gasteiger partial charge < -0.3 is 9.47 Å². The van der Waals surface area contributed by atoms with E-state index < -0.39 is 0 Å². The molecule has 0 saturated heterocycles. The molecule has 16 rings (SSSR count). The normalized spacial score (nSPS) is 12.4. The predicted molar refractivity (Wildman–Crippen MR) is 333 cm³/mol. The maximum Gasteiger partial charge on any atom is 0.135 e. The van der Waals surface area contributed by atoms with Gasteiger partial charge in [-0.2, -0.15) is 5.26 Å². The molecule has 0 spiro atoms. The largest absolute Gasteiger partial charge is 0.456 e. The van der Waals surface area contributed by atoms with Crippen LogP contribution in [0.5, 0.6) is 23.0 Å². The maximum atomic E-state index is 9.87. The summed E-state index contributed by atoms with van der Waals surface area (Å²) in [5.41, 5.74) is 17.8. The average molecular weight is 1020 g/mol. The zero-order chi connectivity index (χ0) is 53.4. The van der Waals surface area contributed by atoms with Crippen LogP contribution in [0.15, 0.2) is 243 Å². The van der Waals surface area contributed by atoms with Gasteiger partial charge in [0.1, 0.15) is 23.0 Å². The summed E-state index contributed by atoms with van der Waals surface area (Å²) in [5.74, 6) is 3.44. The minimum absolute atomic E-state index is 0.0197. The third-order valence-electron chi connectivity index (χ3n) is 17.0. The Morgan fingerprint density at radius 2 is 0.675 bits per heavy atom. The molecule has 2 aliphatic heterocycles. The number of ether oxygens (including phenoxy) is 2. The summed E-state index contributed by atoms with van der Waals surface area (Å²) in [7, 11) is 0. The summed E-state index contributed by atoms with van der Waals surface area (Å²) in [6, 6.07) is 90.6. The second kappa shape index (κ2) is 17.4. The van der Waals surface area contributed by atoms with Crippen molar-refractivity contribution in [3.8, 4) is 107 Å². The lowest BCUT2D eigenvalue weighted by atomic mass is 9.82. The van der Waals surface area contributed by atoms with Crippen molar-refractivity contribution in [2.75, 3.05) is 0 Å². The van der Waals surface area contributed by atoms with Gasteiger partial charge in [0.25, 0.3) is 0 Å². The SMILES string of the molecule is CC(C)(C)c1ccc(-c2c3ccccc3c(-c3ccc4c(c3)Oc3cccc5cccc-4c35)c3cc(-c4ccc5c(-c6ccc(C#N)cc6)c6ccccc6c(-c6ccc7c(c6)Oc6cccc8cccc-7c68)c5c4)ccc23)cc1. The Bertz CT molecular complexity index is 5020. The lowest BCUT2D eigenvalue weighted by Gasteiger charge is -2.24. The van der Waals surface area contributed by atoms with Crippen molar-refractivity contribution in [2.45, 2.75) is 26.2 Å². The Kier molecular flexibility index (Phi) is 9.96. The van der Waals surface area contributed by atoms with Gasteiger partial charge >= 0.3 is 0 Å². The summed E-state index contributed by atoms with van der Waals surface area (Å²) >= 11 is 0. The molecule has 14 aromatic carbocycles. The number of rotatable bonds is 5. The van der Waals surface area contributed by atoms with Crippen LogP contribution < -0.4 is 9.47 Å². The second-order valence-corrected chi connectivity index (χ2v) is 22.6. The first-order valence-electron chi connectivity index (χ1n) is 27.5. The first-order chi connectivity index (χ1) is 39.2. The van der Waals surface area contributed by atoms with Crippen molar-refractivity contribution in [3.63, 3.8) is 0 Å². The van der Waals surface area contributed by atoms with Gasteiger partial charge in [-0.3, -0.25) is 0 Å². The number of benzene rings is 14. The highest BCUT2D eigenvalue weighted by Crippen LogP contribution is 2.53. The summed E-state index contributed by atoms with van der Waals surface area (Å²) in [6.07, 6.45) is 0. The zero-order valence-corrected chi connectivity index (χ0v) is 44.4. The van der Waals surface area contributed by atoms with E-state index in [-0.39, 0.29) is 5.41 Å². The van der Waals surface area contributed by atoms with E-state index in [1.54, 1.807) is 0 Å². The number of nitriles is 1. The Labute approximate surface area is 463 Å². The fourth-order valence-electron chi connectivity index (χ4n) is 13.2. The summed E-state index contributed by atoms with van der Waals surface area (Å²) in [5, 5.41) is 23.8. The number of nitrogens with zero attached hydrogens (tertiary/aromatic N) is 1. The second-order valence-electron chi connectivity index (χ2n) is 22.6. The molecule has 0 saturated carbocycles. The first kappa shape index (κ1) is 45.9. The molecule has 14 aromatic rings. The molecular weight excluding hydrogens is 971 g/mol. The number of hydrogen-bond donors (Lipinski definition) is 0. The molecule has 3 heteroatoms. The Hall–Kier alpha value is -10.3. The van der Waals surface area contributed by atoms with Crippen molar-refractivity contribution in [1.82, 2.24) is 0 Å². The highest BCUT2D eigenvalue weighted by molar-refractivity contribution is 6.24. The van der Waals surface area contributed by atoms with Gasteiger partial charge in [0, 0.05) is 21.9 Å². The Morgan fingerprint density at radius 3 is 1.10 bits per heavy atom. The van der Waals surface area contributed by atoms with E-state index in [0.29, 0.717) is 5.56 Å². The molecule has 0 bridgehead atoms. The van der Waals surface area contributed by atoms with Crippen LogP contribution in [-0.4, -0.2) is 0 Å². The molecule has 0 amide bonds. The van der Waals surface area contributed by atoms with Crippen LogP contribution in [0.3, 0.4) is 0 Å². The highest BCUT2D eigenvalue weighted by Gasteiger charge is 2.26. The summed E-state index contributed by atoms with van der Waals surface area (Å²) in [4.78, 5) is 0. The topological polar surface area (TPSA) is 42.2 Å². The van der Waals surface area contributed by atoms with Gasteiger partial charge in [-0.1, -0.05) is 203 Å². The van der Waals surface area contributed by atoms with E-state index in [9.17, 15) is 5.26 Å². The van der Waals surface area contributed by atoms with Crippen molar-refractivity contribution in [2.24, 2.45) is 0 Å². The fraction of sp³-hybridized carbons (Fsp3) is 0.0519. The molecule has 80 heavy (non-hydrogen) atoms. The lowest BCUT2D eigenvalue weighted by molar-refractivity contribution is 0.487. The molecule has 0 N–H and O–H groups in total. The molecule has 0 aliphatic carbocycles. The van der Waals surface area contributed by atoms with Gasteiger partial charge in [0.2, 0.25) is 0 Å². The van der Waals surface area contributed by atoms with Crippen LogP contribution in [-0.2, 0) is 5.41 Å². The van der Waals surface area contributed by atoms with E-state index in [1.165, 1.54) is 54.7 Å². The number of hydrogen-bond acceptors (Lipinski definition) is 3. The molecule has 0 aromatic heterocycles. The van der Waals surface area contributed by atoms with Gasteiger partial charge in [0.15, 0.2) is 0 Å². The highest BCUT2D eigenvalue weighted by atomic mass is 16.5. The smallest absolute Gasteiger partial charge is 0.135 e. The van der Waals surface area contributed by atoms with Crippen LogP contribution in [0.4, 0.5) is 0 Å². The molecule has 0 unspecified atom stereocenters. The van der Waals surface area contributed by atoms with Crippen molar-refractivity contribution in [3.05, 3.63) is 254 Å². The van der Waals surface area contributed by atoms with Gasteiger partial charge in [-0.25, -0.2) is 0 Å². The molecule has 2 heterocycles. The Balaban J connectivity index is 0.949. The van der Waals surface area contributed by atoms with Crippen LogP contribution >= 0.6 is 0 Å². The maximum absolute atomic E-state index is 9.87. The van der Waals surface area contributed by atoms with Crippen molar-refractivity contribution < 1.29 is 9.47 Å². The molecular formula is C77H49NO2. The quantitative estimate of drug-likeness (QED) is 0.161. The average Bonchev–Trinajstić information content (AvgIpc) is 3.68. The van der Waals surface area contributed by atoms with Gasteiger partial charge in [-0.05, 0) is 192 Å². The molecule has 0 fully saturated rings. The molecule has 3 nitrogen and oxygen atoms in total. The standard InChI is InChI=1S/C77H49NO2/c1-77(2,3)54-34-28-49(29-35-54)72-60-17-5-7-19-62(60)74(53-33-37-56-58-21-9-13-47-15-11-23-68(76(47)58)80-70(56)43-53)66-41-51(31-39-64(66)72)50-30-38-63-65(40-50)73(61-18-6-4-16-59(61)71(63)48-26-24-45(44-78)25-27-48)52-32-36-55-57-20-8-12-46-14-10-22-67(75(46)57)79-69(55)42-52/h4-43H,1-3H3. The van der Waals surface area contributed by atoms with E-state index >= 15 is 0 Å². The predicted octanol–water partition coefficient (Wildman–Crippen LogP) is 21.7. The van der Waals surface area contributed by atoms with Gasteiger partial charge in [-0.15, -0.1) is 0 Å². The van der Waals surface area contributed by atoms with E-state index in [0.717, 1.165) is 116 Å². The third-order valence-corrected chi connectivity index (χ3v) is 17.0. The van der Waals surface area contributed by atoms with Gasteiger partial charge in [0.05, 0.1) is 11.6 Å². The van der Waals surface area contributed by atoms with Crippen LogP contribution in [0.1, 0.15) is 31.9 Å². The van der Waals surface area contributed by atoms with Crippen LogP contribution in [0, 0.1) is 11.3 Å². The summed E-state index contributed by atoms with van der Waals surface area (Å²) in [6.45, 7) is 6.83. The molecule has 374 valence electrons. The van der Waals surface area contributed by atoms with Crippen molar-refractivity contribution >= 4 is 64.6 Å². The summed E-state index contributed by atoms with van der Waals surface area (Å²) < 4.78 is 13.7. The van der Waals surface area contributed by atoms with E-state index in [2.05, 4.69) is 257 Å². The third kappa shape index (κ3) is 6.99. The minimum atomic E-state index is 0.0197.